The summed E-state index contributed by atoms with van der Waals surface area (Å²) in [5.74, 6) is -0.0827. The van der Waals surface area contributed by atoms with Gasteiger partial charge in [0.25, 0.3) is 5.91 Å². The molecule has 2 rings (SSSR count). The van der Waals surface area contributed by atoms with Crippen molar-refractivity contribution in [1.82, 2.24) is 5.32 Å². The summed E-state index contributed by atoms with van der Waals surface area (Å²) in [4.78, 5) is 13.3. The smallest absolute Gasteiger partial charge is 0.252 e. The molecule has 0 aliphatic carbocycles. The maximum atomic E-state index is 12.2. The Morgan fingerprint density at radius 2 is 2.11 bits per heavy atom. The van der Waals surface area contributed by atoms with Gasteiger partial charge in [-0.3, -0.25) is 4.79 Å². The van der Waals surface area contributed by atoms with Gasteiger partial charge in [-0.2, -0.15) is 0 Å². The van der Waals surface area contributed by atoms with Crippen LogP contribution in [0.25, 0.3) is 0 Å². The fourth-order valence-corrected chi connectivity index (χ4v) is 2.52. The van der Waals surface area contributed by atoms with Crippen LogP contribution in [0.1, 0.15) is 33.8 Å². The van der Waals surface area contributed by atoms with E-state index in [1.807, 2.05) is 31.4 Å². The number of hydrogen-bond acceptors (Lipinski definition) is 3. The van der Waals surface area contributed by atoms with E-state index in [2.05, 4.69) is 5.32 Å². The van der Waals surface area contributed by atoms with Crippen molar-refractivity contribution in [1.29, 1.82) is 0 Å². The van der Waals surface area contributed by atoms with Crippen molar-refractivity contribution in [2.45, 2.75) is 19.9 Å². The summed E-state index contributed by atoms with van der Waals surface area (Å²) < 4.78 is 0. The molecule has 0 radical (unpaired) electrons. The lowest BCUT2D eigenvalue weighted by Gasteiger charge is -2.14. The summed E-state index contributed by atoms with van der Waals surface area (Å²) in [6, 6.07) is 9.40. The van der Waals surface area contributed by atoms with E-state index in [1.165, 1.54) is 0 Å². The molecule has 1 aromatic heterocycles. The van der Waals surface area contributed by atoms with E-state index < -0.39 is 0 Å². The lowest BCUT2D eigenvalue weighted by atomic mass is 10.1. The number of nitrogen functional groups attached to an aromatic ring is 1. The zero-order chi connectivity index (χ0) is 13.1. The maximum absolute atomic E-state index is 12.2. The molecule has 0 saturated heterocycles. The van der Waals surface area contributed by atoms with Crippen LogP contribution < -0.4 is 11.1 Å². The molecule has 0 fully saturated rings. The second-order valence-corrected chi connectivity index (χ2v) is 5.21. The number of hydrogen-bond donors (Lipinski definition) is 2. The van der Waals surface area contributed by atoms with Crippen molar-refractivity contribution in [2.75, 3.05) is 5.73 Å². The number of rotatable bonds is 3. The Morgan fingerprint density at radius 3 is 2.78 bits per heavy atom. The molecule has 4 heteroatoms. The molecule has 1 amide bonds. The van der Waals surface area contributed by atoms with Crippen LogP contribution in [0.4, 0.5) is 5.69 Å². The van der Waals surface area contributed by atoms with E-state index in [-0.39, 0.29) is 11.9 Å². The highest BCUT2D eigenvalue weighted by molar-refractivity contribution is 7.10. The van der Waals surface area contributed by atoms with Gasteiger partial charge >= 0.3 is 0 Å². The molecule has 3 N–H and O–H groups in total. The normalized spacial score (nSPS) is 12.1. The molecule has 0 aliphatic heterocycles. The van der Waals surface area contributed by atoms with E-state index in [1.54, 1.807) is 29.5 Å². The summed E-state index contributed by atoms with van der Waals surface area (Å²) in [6.07, 6.45) is 0. The molecular weight excluding hydrogens is 244 g/mol. The zero-order valence-electron chi connectivity index (χ0n) is 10.4. The van der Waals surface area contributed by atoms with Gasteiger partial charge in [0.2, 0.25) is 0 Å². The maximum Gasteiger partial charge on any atom is 0.252 e. The van der Waals surface area contributed by atoms with Crippen molar-refractivity contribution in [3.8, 4) is 0 Å². The molecule has 94 valence electrons. The molecular formula is C14H16N2OS. The van der Waals surface area contributed by atoms with Crippen molar-refractivity contribution in [2.24, 2.45) is 0 Å². The standard InChI is InChI=1S/C14H16N2OS/c1-9-11(5-3-6-12(9)15)14(17)16-10(2)13-7-4-8-18-13/h3-8,10H,15H2,1-2H3,(H,16,17). The first-order chi connectivity index (χ1) is 8.59. The average Bonchev–Trinajstić information content (AvgIpc) is 2.86. The van der Waals surface area contributed by atoms with Crippen LogP contribution in [-0.2, 0) is 0 Å². The molecule has 0 aliphatic rings. The third-order valence-electron chi connectivity index (χ3n) is 2.94. The molecule has 18 heavy (non-hydrogen) atoms. The number of nitrogens with two attached hydrogens (primary N) is 1. The number of benzene rings is 1. The first kappa shape index (κ1) is 12.6. The molecule has 3 nitrogen and oxygen atoms in total. The second-order valence-electron chi connectivity index (χ2n) is 4.23. The fraction of sp³-hybridized carbons (Fsp3) is 0.214. The van der Waals surface area contributed by atoms with E-state index in [0.717, 1.165) is 10.4 Å². The highest BCUT2D eigenvalue weighted by Gasteiger charge is 2.14. The van der Waals surface area contributed by atoms with Gasteiger partial charge in [0.15, 0.2) is 0 Å². The molecule has 0 saturated carbocycles. The number of carbonyl (C=O) groups is 1. The number of anilines is 1. The second kappa shape index (κ2) is 5.23. The van der Waals surface area contributed by atoms with Crippen LogP contribution in [-0.4, -0.2) is 5.91 Å². The largest absolute Gasteiger partial charge is 0.398 e. The molecule has 0 bridgehead atoms. The van der Waals surface area contributed by atoms with E-state index >= 15 is 0 Å². The van der Waals surface area contributed by atoms with Crippen molar-refractivity contribution in [3.63, 3.8) is 0 Å². The van der Waals surface area contributed by atoms with Gasteiger partial charge in [0.05, 0.1) is 6.04 Å². The molecule has 2 aromatic rings. The van der Waals surface area contributed by atoms with Crippen LogP contribution in [0.15, 0.2) is 35.7 Å². The first-order valence-electron chi connectivity index (χ1n) is 5.79. The molecule has 1 aromatic carbocycles. The zero-order valence-corrected chi connectivity index (χ0v) is 11.3. The highest BCUT2D eigenvalue weighted by atomic mass is 32.1. The number of thiophene rings is 1. The molecule has 1 atom stereocenters. The van der Waals surface area contributed by atoms with Crippen LogP contribution in [0.2, 0.25) is 0 Å². The topological polar surface area (TPSA) is 55.1 Å². The Labute approximate surface area is 111 Å². The van der Waals surface area contributed by atoms with Crippen molar-refractivity contribution >= 4 is 22.9 Å². The van der Waals surface area contributed by atoms with Gasteiger partial charge in [0, 0.05) is 16.1 Å². The Kier molecular flexibility index (Phi) is 3.67. The lowest BCUT2D eigenvalue weighted by Crippen LogP contribution is -2.26. The summed E-state index contributed by atoms with van der Waals surface area (Å²) >= 11 is 1.64. The minimum Gasteiger partial charge on any atom is -0.398 e. The first-order valence-corrected chi connectivity index (χ1v) is 6.67. The third-order valence-corrected chi connectivity index (χ3v) is 3.99. The quantitative estimate of drug-likeness (QED) is 0.833. The average molecular weight is 260 g/mol. The minimum atomic E-state index is -0.0827. The van der Waals surface area contributed by atoms with Gasteiger partial charge in [-0.05, 0) is 43.0 Å². The van der Waals surface area contributed by atoms with Crippen molar-refractivity contribution in [3.05, 3.63) is 51.7 Å². The van der Waals surface area contributed by atoms with Crippen LogP contribution >= 0.6 is 11.3 Å². The molecule has 0 spiro atoms. The molecule has 1 unspecified atom stereocenters. The summed E-state index contributed by atoms with van der Waals surface area (Å²) in [6.45, 7) is 3.84. The van der Waals surface area contributed by atoms with Crippen LogP contribution in [0.3, 0.4) is 0 Å². The van der Waals surface area contributed by atoms with Gasteiger partial charge in [0.1, 0.15) is 0 Å². The van der Waals surface area contributed by atoms with E-state index in [9.17, 15) is 4.79 Å². The SMILES string of the molecule is Cc1c(N)cccc1C(=O)NC(C)c1cccs1. The predicted molar refractivity (Wildman–Crippen MR) is 75.8 cm³/mol. The minimum absolute atomic E-state index is 0.0123. The Balaban J connectivity index is 2.15. The summed E-state index contributed by atoms with van der Waals surface area (Å²) in [5.41, 5.74) is 7.92. The number of carbonyl (C=O) groups excluding carboxylic acids is 1. The Hall–Kier alpha value is -1.81. The third kappa shape index (κ3) is 2.54. The van der Waals surface area contributed by atoms with Crippen LogP contribution in [0.5, 0.6) is 0 Å². The lowest BCUT2D eigenvalue weighted by molar-refractivity contribution is 0.0940. The predicted octanol–water partition coefficient (Wildman–Crippen LogP) is 3.13. The van der Waals surface area contributed by atoms with Gasteiger partial charge in [-0.25, -0.2) is 0 Å². The monoisotopic (exact) mass is 260 g/mol. The number of amides is 1. The van der Waals surface area contributed by atoms with Crippen LogP contribution in [0, 0.1) is 6.92 Å². The molecule has 1 heterocycles. The van der Waals surface area contributed by atoms with E-state index in [4.69, 9.17) is 5.73 Å². The van der Waals surface area contributed by atoms with Gasteiger partial charge in [-0.1, -0.05) is 12.1 Å². The summed E-state index contributed by atoms with van der Waals surface area (Å²) in [7, 11) is 0. The Morgan fingerprint density at radius 1 is 1.33 bits per heavy atom. The van der Waals surface area contributed by atoms with Gasteiger partial charge < -0.3 is 11.1 Å². The Bertz CT molecular complexity index is 549. The summed E-state index contributed by atoms with van der Waals surface area (Å²) in [5, 5.41) is 4.99. The van der Waals surface area contributed by atoms with Crippen molar-refractivity contribution < 1.29 is 4.79 Å². The van der Waals surface area contributed by atoms with E-state index in [0.29, 0.717) is 11.3 Å². The fourth-order valence-electron chi connectivity index (χ4n) is 1.78. The number of nitrogens with one attached hydrogen (secondary N) is 1. The highest BCUT2D eigenvalue weighted by Crippen LogP contribution is 2.20. The van der Waals surface area contributed by atoms with Gasteiger partial charge in [-0.15, -0.1) is 11.3 Å².